The molecule has 1 aromatic carbocycles. The third kappa shape index (κ3) is 1.83. The lowest BCUT2D eigenvalue weighted by atomic mass is 10.1. The van der Waals surface area contributed by atoms with Gasteiger partial charge in [-0.1, -0.05) is 18.2 Å². The molecule has 3 rings (SSSR count). The SMILES string of the molecule is O=C1COC(Nc2ccccc2)c2[nH]ccc21. The van der Waals surface area contributed by atoms with E-state index in [0.29, 0.717) is 5.56 Å². The molecule has 0 radical (unpaired) electrons. The minimum Gasteiger partial charge on any atom is -0.361 e. The smallest absolute Gasteiger partial charge is 0.190 e. The molecule has 1 aromatic heterocycles. The maximum absolute atomic E-state index is 11.6. The van der Waals surface area contributed by atoms with Crippen molar-refractivity contribution >= 4 is 11.5 Å². The van der Waals surface area contributed by atoms with Crippen LogP contribution in [0, 0.1) is 0 Å². The van der Waals surface area contributed by atoms with E-state index in [-0.39, 0.29) is 18.6 Å². The molecule has 0 saturated carbocycles. The second-order valence-electron chi connectivity index (χ2n) is 3.93. The van der Waals surface area contributed by atoms with Gasteiger partial charge in [0.1, 0.15) is 6.61 Å². The van der Waals surface area contributed by atoms with Crippen LogP contribution in [-0.2, 0) is 4.74 Å². The standard InChI is InChI=1S/C13H12N2O2/c16-11-8-17-13(12-10(11)6-7-14-12)15-9-4-2-1-3-5-9/h1-7,13-15H,8H2. The molecule has 86 valence electrons. The zero-order valence-corrected chi connectivity index (χ0v) is 9.14. The minimum atomic E-state index is -0.292. The van der Waals surface area contributed by atoms with E-state index in [0.717, 1.165) is 11.4 Å². The summed E-state index contributed by atoms with van der Waals surface area (Å²) in [5.41, 5.74) is 2.47. The molecule has 0 fully saturated rings. The van der Waals surface area contributed by atoms with E-state index in [9.17, 15) is 4.79 Å². The van der Waals surface area contributed by atoms with Crippen LogP contribution >= 0.6 is 0 Å². The molecule has 4 heteroatoms. The van der Waals surface area contributed by atoms with Crippen LogP contribution in [0.4, 0.5) is 5.69 Å². The quantitative estimate of drug-likeness (QED) is 0.829. The molecule has 0 aliphatic carbocycles. The van der Waals surface area contributed by atoms with Crippen molar-refractivity contribution in [2.45, 2.75) is 6.23 Å². The Morgan fingerprint density at radius 3 is 2.88 bits per heavy atom. The summed E-state index contributed by atoms with van der Waals surface area (Å²) in [6, 6.07) is 11.6. The first-order valence-electron chi connectivity index (χ1n) is 5.48. The predicted molar refractivity (Wildman–Crippen MR) is 63.9 cm³/mol. The highest BCUT2D eigenvalue weighted by Gasteiger charge is 2.27. The summed E-state index contributed by atoms with van der Waals surface area (Å²) in [5, 5.41) is 3.24. The van der Waals surface area contributed by atoms with Gasteiger partial charge in [0.15, 0.2) is 12.0 Å². The van der Waals surface area contributed by atoms with Crippen LogP contribution in [-0.4, -0.2) is 17.4 Å². The number of nitrogens with one attached hydrogen (secondary N) is 2. The number of carbonyl (C=O) groups is 1. The highest BCUT2D eigenvalue weighted by atomic mass is 16.5. The van der Waals surface area contributed by atoms with Gasteiger partial charge in [0, 0.05) is 17.4 Å². The fraction of sp³-hybridized carbons (Fsp3) is 0.154. The van der Waals surface area contributed by atoms with Crippen molar-refractivity contribution in [1.29, 1.82) is 0 Å². The number of hydrogen-bond donors (Lipinski definition) is 2. The van der Waals surface area contributed by atoms with Gasteiger partial charge in [-0.2, -0.15) is 0 Å². The van der Waals surface area contributed by atoms with Crippen molar-refractivity contribution in [3.05, 3.63) is 53.9 Å². The number of benzene rings is 1. The van der Waals surface area contributed by atoms with Gasteiger partial charge in [-0.05, 0) is 18.2 Å². The first kappa shape index (κ1) is 10.1. The molecule has 2 heterocycles. The number of fused-ring (bicyclic) bond motifs is 1. The highest BCUT2D eigenvalue weighted by Crippen LogP contribution is 2.26. The molecule has 1 atom stereocenters. The van der Waals surface area contributed by atoms with E-state index in [4.69, 9.17) is 4.74 Å². The van der Waals surface area contributed by atoms with E-state index < -0.39 is 0 Å². The Morgan fingerprint density at radius 2 is 2.06 bits per heavy atom. The van der Waals surface area contributed by atoms with Gasteiger partial charge < -0.3 is 15.0 Å². The lowest BCUT2D eigenvalue weighted by Gasteiger charge is -2.24. The summed E-state index contributed by atoms with van der Waals surface area (Å²) < 4.78 is 5.49. The Balaban J connectivity index is 1.87. The van der Waals surface area contributed by atoms with Crippen LogP contribution < -0.4 is 5.32 Å². The van der Waals surface area contributed by atoms with E-state index >= 15 is 0 Å². The number of carbonyl (C=O) groups excluding carboxylic acids is 1. The van der Waals surface area contributed by atoms with Crippen molar-refractivity contribution in [2.24, 2.45) is 0 Å². The van der Waals surface area contributed by atoms with Gasteiger partial charge in [-0.25, -0.2) is 0 Å². The topological polar surface area (TPSA) is 54.1 Å². The Hall–Kier alpha value is -2.07. The number of aromatic amines is 1. The second kappa shape index (κ2) is 4.07. The normalized spacial score (nSPS) is 18.8. The van der Waals surface area contributed by atoms with Crippen molar-refractivity contribution in [1.82, 2.24) is 4.98 Å². The summed E-state index contributed by atoms with van der Waals surface area (Å²) in [7, 11) is 0. The number of H-pyrrole nitrogens is 1. The predicted octanol–water partition coefficient (Wildman–Crippen LogP) is 2.34. The van der Waals surface area contributed by atoms with Crippen molar-refractivity contribution in [2.75, 3.05) is 11.9 Å². The molecule has 4 nitrogen and oxygen atoms in total. The maximum atomic E-state index is 11.6. The van der Waals surface area contributed by atoms with Crippen LogP contribution in [0.5, 0.6) is 0 Å². The van der Waals surface area contributed by atoms with Gasteiger partial charge in [-0.15, -0.1) is 0 Å². The monoisotopic (exact) mass is 228 g/mol. The summed E-state index contributed by atoms with van der Waals surface area (Å²) in [5.74, 6) is 0.0207. The van der Waals surface area contributed by atoms with Gasteiger partial charge in [0.2, 0.25) is 0 Å². The number of hydrogen-bond acceptors (Lipinski definition) is 3. The Morgan fingerprint density at radius 1 is 1.24 bits per heavy atom. The van der Waals surface area contributed by atoms with Crippen LogP contribution in [0.15, 0.2) is 42.6 Å². The summed E-state index contributed by atoms with van der Waals surface area (Å²) in [6.45, 7) is 0.120. The van der Waals surface area contributed by atoms with Gasteiger partial charge in [-0.3, -0.25) is 4.79 Å². The molecular weight excluding hydrogens is 216 g/mol. The highest BCUT2D eigenvalue weighted by molar-refractivity contribution is 5.99. The van der Waals surface area contributed by atoms with Crippen LogP contribution in [0.3, 0.4) is 0 Å². The number of aromatic nitrogens is 1. The van der Waals surface area contributed by atoms with Gasteiger partial charge in [0.25, 0.3) is 0 Å². The lowest BCUT2D eigenvalue weighted by Crippen LogP contribution is -2.26. The molecule has 0 saturated heterocycles. The number of ether oxygens (including phenoxy) is 1. The number of ketones is 1. The molecule has 0 spiro atoms. The van der Waals surface area contributed by atoms with Crippen molar-refractivity contribution in [3.63, 3.8) is 0 Å². The first-order chi connectivity index (χ1) is 8.34. The third-order valence-corrected chi connectivity index (χ3v) is 2.79. The lowest BCUT2D eigenvalue weighted by molar-refractivity contribution is 0.0457. The molecule has 2 aromatic rings. The summed E-state index contributed by atoms with van der Waals surface area (Å²) >= 11 is 0. The summed E-state index contributed by atoms with van der Waals surface area (Å²) in [6.07, 6.45) is 1.47. The minimum absolute atomic E-state index is 0.0207. The van der Waals surface area contributed by atoms with E-state index in [1.807, 2.05) is 30.3 Å². The van der Waals surface area contributed by atoms with Gasteiger partial charge >= 0.3 is 0 Å². The average molecular weight is 228 g/mol. The molecule has 1 aliphatic rings. The Kier molecular flexibility index (Phi) is 2.42. The Labute approximate surface area is 98.6 Å². The third-order valence-electron chi connectivity index (χ3n) is 2.79. The fourth-order valence-corrected chi connectivity index (χ4v) is 1.96. The molecule has 1 aliphatic heterocycles. The molecule has 1 unspecified atom stereocenters. The number of anilines is 1. The fourth-order valence-electron chi connectivity index (χ4n) is 1.96. The maximum Gasteiger partial charge on any atom is 0.190 e. The van der Waals surface area contributed by atoms with E-state index in [2.05, 4.69) is 10.3 Å². The first-order valence-corrected chi connectivity index (χ1v) is 5.48. The van der Waals surface area contributed by atoms with Gasteiger partial charge in [0.05, 0.1) is 5.69 Å². The van der Waals surface area contributed by atoms with E-state index in [1.165, 1.54) is 0 Å². The zero-order valence-electron chi connectivity index (χ0n) is 9.14. The largest absolute Gasteiger partial charge is 0.361 e. The van der Waals surface area contributed by atoms with Crippen LogP contribution in [0.2, 0.25) is 0 Å². The van der Waals surface area contributed by atoms with Crippen molar-refractivity contribution < 1.29 is 9.53 Å². The number of Topliss-reactive ketones (excluding diaryl/α,β-unsaturated/α-hetero) is 1. The van der Waals surface area contributed by atoms with E-state index in [1.54, 1.807) is 12.3 Å². The average Bonchev–Trinajstić information content (AvgIpc) is 2.84. The number of rotatable bonds is 2. The van der Waals surface area contributed by atoms with Crippen LogP contribution in [0.25, 0.3) is 0 Å². The molecule has 0 bridgehead atoms. The van der Waals surface area contributed by atoms with Crippen LogP contribution in [0.1, 0.15) is 22.3 Å². The van der Waals surface area contributed by atoms with Crippen molar-refractivity contribution in [3.8, 4) is 0 Å². The molecule has 2 N–H and O–H groups in total. The summed E-state index contributed by atoms with van der Waals surface area (Å²) in [4.78, 5) is 14.6. The molecule has 17 heavy (non-hydrogen) atoms. The number of para-hydroxylation sites is 1. The Bertz CT molecular complexity index is 533. The molecule has 0 amide bonds. The zero-order chi connectivity index (χ0) is 11.7. The second-order valence-corrected chi connectivity index (χ2v) is 3.93. The molecular formula is C13H12N2O2.